The number of aliphatic hydroxyl groups excluding tert-OH is 1. The van der Waals surface area contributed by atoms with E-state index >= 15 is 0 Å². The molecule has 2 fully saturated rings. The molecule has 2 aromatic heterocycles. The van der Waals surface area contributed by atoms with Crippen molar-refractivity contribution in [3.05, 3.63) is 42.2 Å². The number of aliphatic hydroxyl groups is 1. The number of anilines is 1. The van der Waals surface area contributed by atoms with Crippen LogP contribution in [0.25, 0.3) is 22.2 Å². The topological polar surface area (TPSA) is 66.2 Å². The number of aromatic nitrogens is 3. The number of rotatable bonds is 8. The minimum atomic E-state index is -0.165. The van der Waals surface area contributed by atoms with Gasteiger partial charge in [0, 0.05) is 35.4 Å². The summed E-state index contributed by atoms with van der Waals surface area (Å²) < 4.78 is 2.36. The maximum Gasteiger partial charge on any atom is 0.224 e. The predicted molar refractivity (Wildman–Crippen MR) is 148 cm³/mol. The van der Waals surface area contributed by atoms with Crippen molar-refractivity contribution in [3.63, 3.8) is 0 Å². The number of hydrogen-bond acceptors (Lipinski definition) is 5. The number of piperidine rings is 1. The number of nitrogens with one attached hydrogen (secondary N) is 1. The largest absolute Gasteiger partial charge is 0.393 e. The average molecular weight is 490 g/mol. The third-order valence-corrected chi connectivity index (χ3v) is 8.36. The highest BCUT2D eigenvalue weighted by atomic mass is 16.3. The van der Waals surface area contributed by atoms with Crippen LogP contribution in [-0.4, -0.2) is 56.8 Å². The van der Waals surface area contributed by atoms with E-state index in [0.29, 0.717) is 18.0 Å². The van der Waals surface area contributed by atoms with Gasteiger partial charge in [-0.1, -0.05) is 37.6 Å². The highest BCUT2D eigenvalue weighted by Crippen LogP contribution is 2.37. The lowest BCUT2D eigenvalue weighted by Crippen LogP contribution is -2.30. The summed E-state index contributed by atoms with van der Waals surface area (Å²) in [5, 5.41) is 14.7. The Morgan fingerprint density at radius 3 is 2.47 bits per heavy atom. The molecular formula is C30H43N5O. The zero-order valence-electron chi connectivity index (χ0n) is 22.3. The fourth-order valence-electron chi connectivity index (χ4n) is 6.09. The molecule has 0 amide bonds. The molecule has 1 saturated carbocycles. The number of hydrogen-bond donors (Lipinski definition) is 2. The molecule has 1 saturated heterocycles. The Morgan fingerprint density at radius 2 is 1.78 bits per heavy atom. The Hall–Kier alpha value is -2.44. The van der Waals surface area contributed by atoms with Crippen LogP contribution < -0.4 is 5.32 Å². The molecule has 1 atom stereocenters. The molecule has 6 heteroatoms. The highest BCUT2D eigenvalue weighted by Gasteiger charge is 2.24. The molecule has 0 bridgehead atoms. The summed E-state index contributed by atoms with van der Waals surface area (Å²) in [5.74, 6) is 1.50. The number of likely N-dealkylation sites (tertiary alicyclic amines) is 1. The Morgan fingerprint density at radius 1 is 1.06 bits per heavy atom. The molecule has 1 aliphatic heterocycles. The summed E-state index contributed by atoms with van der Waals surface area (Å²) in [5.41, 5.74) is 4.87. The standard InChI is InChI=1S/C30H43N5O/c1-4-5-21(2)32-30-31-19-27-28(20-35(29(27)33-30)25-10-12-26(36)13-11-25)24-8-6-22(7-9-24)18-23-14-16-34(3)17-15-23/h6-9,19-21,23,25-26,36H,4-5,10-18H2,1-3H3,(H,31,32,33)/t21-,25-,26-/m0/s1. The molecule has 0 spiro atoms. The van der Waals surface area contributed by atoms with Crippen molar-refractivity contribution in [3.8, 4) is 11.1 Å². The van der Waals surface area contributed by atoms with Gasteiger partial charge in [-0.05, 0) is 95.5 Å². The summed E-state index contributed by atoms with van der Waals surface area (Å²) in [6.45, 7) is 6.83. The number of fused-ring (bicyclic) bond motifs is 1. The van der Waals surface area contributed by atoms with E-state index in [0.717, 1.165) is 55.5 Å². The number of benzene rings is 1. The van der Waals surface area contributed by atoms with Crippen molar-refractivity contribution in [2.24, 2.45) is 5.92 Å². The first kappa shape index (κ1) is 25.2. The van der Waals surface area contributed by atoms with Gasteiger partial charge in [-0.25, -0.2) is 4.98 Å². The van der Waals surface area contributed by atoms with Crippen LogP contribution >= 0.6 is 0 Å². The Kier molecular flexibility index (Phi) is 7.92. The van der Waals surface area contributed by atoms with Gasteiger partial charge in [0.2, 0.25) is 5.95 Å². The average Bonchev–Trinajstić information content (AvgIpc) is 3.25. The molecule has 36 heavy (non-hydrogen) atoms. The van der Waals surface area contributed by atoms with E-state index in [4.69, 9.17) is 9.97 Å². The minimum absolute atomic E-state index is 0.165. The Bertz CT molecular complexity index is 1120. The molecule has 1 aromatic carbocycles. The third kappa shape index (κ3) is 5.76. The van der Waals surface area contributed by atoms with Gasteiger partial charge >= 0.3 is 0 Å². The lowest BCUT2D eigenvalue weighted by Gasteiger charge is -2.29. The third-order valence-electron chi connectivity index (χ3n) is 8.36. The molecule has 1 aliphatic carbocycles. The van der Waals surface area contributed by atoms with Crippen LogP contribution in [0, 0.1) is 5.92 Å². The van der Waals surface area contributed by atoms with E-state index in [1.807, 2.05) is 6.20 Å². The molecule has 0 unspecified atom stereocenters. The zero-order chi connectivity index (χ0) is 25.1. The van der Waals surface area contributed by atoms with E-state index in [-0.39, 0.29) is 6.10 Å². The van der Waals surface area contributed by atoms with Gasteiger partial charge in [-0.3, -0.25) is 0 Å². The second-order valence-electron chi connectivity index (χ2n) is 11.3. The van der Waals surface area contributed by atoms with Gasteiger partial charge in [-0.2, -0.15) is 4.98 Å². The first-order valence-corrected chi connectivity index (χ1v) is 14.1. The molecule has 6 nitrogen and oxygen atoms in total. The first-order chi connectivity index (χ1) is 17.5. The van der Waals surface area contributed by atoms with Gasteiger partial charge in [0.1, 0.15) is 5.65 Å². The molecular weight excluding hydrogens is 446 g/mol. The lowest BCUT2D eigenvalue weighted by molar-refractivity contribution is 0.111. The maximum absolute atomic E-state index is 10.1. The fraction of sp³-hybridized carbons (Fsp3) is 0.600. The highest BCUT2D eigenvalue weighted by molar-refractivity contribution is 5.94. The summed E-state index contributed by atoms with van der Waals surface area (Å²) in [7, 11) is 2.23. The monoisotopic (exact) mass is 489 g/mol. The van der Waals surface area contributed by atoms with Crippen molar-refractivity contribution in [2.75, 3.05) is 25.5 Å². The van der Waals surface area contributed by atoms with Gasteiger partial charge in [0.05, 0.1) is 6.10 Å². The number of nitrogens with zero attached hydrogens (tertiary/aromatic N) is 4. The Labute approximate surface area is 216 Å². The SMILES string of the molecule is CCC[C@H](C)Nc1ncc2c(-c3ccc(CC4CCN(C)CC4)cc3)cn([C@H]3CC[C@H](O)CC3)c2n1. The van der Waals surface area contributed by atoms with Gasteiger partial charge in [0.25, 0.3) is 0 Å². The van der Waals surface area contributed by atoms with Crippen LogP contribution in [0.15, 0.2) is 36.7 Å². The van der Waals surface area contributed by atoms with E-state index < -0.39 is 0 Å². The summed E-state index contributed by atoms with van der Waals surface area (Å²) >= 11 is 0. The van der Waals surface area contributed by atoms with Crippen molar-refractivity contribution in [2.45, 2.75) is 89.8 Å². The van der Waals surface area contributed by atoms with E-state index in [9.17, 15) is 5.11 Å². The molecule has 0 radical (unpaired) electrons. The van der Waals surface area contributed by atoms with Crippen LogP contribution in [0.5, 0.6) is 0 Å². The van der Waals surface area contributed by atoms with Gasteiger partial charge in [-0.15, -0.1) is 0 Å². The predicted octanol–water partition coefficient (Wildman–Crippen LogP) is 6.06. The first-order valence-electron chi connectivity index (χ1n) is 14.1. The van der Waals surface area contributed by atoms with Crippen molar-refractivity contribution in [1.29, 1.82) is 0 Å². The molecule has 194 valence electrons. The van der Waals surface area contributed by atoms with Crippen molar-refractivity contribution >= 4 is 17.0 Å². The van der Waals surface area contributed by atoms with Crippen LogP contribution in [0.1, 0.15) is 76.8 Å². The summed E-state index contributed by atoms with van der Waals surface area (Å²) in [6, 6.07) is 9.91. The summed E-state index contributed by atoms with van der Waals surface area (Å²) in [6.07, 6.45) is 13.8. The fourth-order valence-corrected chi connectivity index (χ4v) is 6.09. The van der Waals surface area contributed by atoms with Crippen LogP contribution in [0.4, 0.5) is 5.95 Å². The van der Waals surface area contributed by atoms with Crippen molar-refractivity contribution in [1.82, 2.24) is 19.4 Å². The van der Waals surface area contributed by atoms with Crippen LogP contribution in [-0.2, 0) is 6.42 Å². The van der Waals surface area contributed by atoms with Gasteiger partial charge in [0.15, 0.2) is 0 Å². The van der Waals surface area contributed by atoms with Crippen LogP contribution in [0.2, 0.25) is 0 Å². The van der Waals surface area contributed by atoms with E-state index in [1.54, 1.807) is 0 Å². The second kappa shape index (κ2) is 11.3. The normalized spacial score (nSPS) is 22.7. The van der Waals surface area contributed by atoms with Crippen LogP contribution in [0.3, 0.4) is 0 Å². The Balaban J connectivity index is 1.42. The van der Waals surface area contributed by atoms with Crippen molar-refractivity contribution < 1.29 is 5.11 Å². The molecule has 2 aliphatic rings. The zero-order valence-corrected chi connectivity index (χ0v) is 22.3. The van der Waals surface area contributed by atoms with E-state index in [2.05, 4.69) is 66.1 Å². The minimum Gasteiger partial charge on any atom is -0.393 e. The molecule has 5 rings (SSSR count). The second-order valence-corrected chi connectivity index (χ2v) is 11.3. The van der Waals surface area contributed by atoms with Gasteiger partial charge < -0.3 is 19.9 Å². The summed E-state index contributed by atoms with van der Waals surface area (Å²) in [4.78, 5) is 12.2. The molecule has 3 aromatic rings. The quantitative estimate of drug-likeness (QED) is 0.403. The smallest absolute Gasteiger partial charge is 0.224 e. The molecule has 2 N–H and O–H groups in total. The lowest BCUT2D eigenvalue weighted by atomic mass is 9.90. The van der Waals surface area contributed by atoms with E-state index in [1.165, 1.54) is 49.0 Å². The molecule has 3 heterocycles. The maximum atomic E-state index is 10.1.